The summed E-state index contributed by atoms with van der Waals surface area (Å²) in [6.07, 6.45) is 6.23. The Kier molecular flexibility index (Phi) is 4.13. The van der Waals surface area contributed by atoms with Crippen LogP contribution in [-0.4, -0.2) is 38.7 Å². The first-order chi connectivity index (χ1) is 11.8. The maximum atomic E-state index is 4.68. The first-order valence-electron chi connectivity index (χ1n) is 8.50. The highest BCUT2D eigenvalue weighted by molar-refractivity contribution is 5.42. The predicted octanol–water partition coefficient (Wildman–Crippen LogP) is 2.19. The monoisotopic (exact) mass is 322 g/mol. The van der Waals surface area contributed by atoms with E-state index in [1.54, 1.807) is 6.20 Å². The molecule has 1 saturated heterocycles. The molecule has 4 heterocycles. The maximum absolute atomic E-state index is 4.68. The summed E-state index contributed by atoms with van der Waals surface area (Å²) in [4.78, 5) is 7.03. The number of nitrogens with one attached hydrogen (secondary N) is 1. The Labute approximate surface area is 141 Å². The lowest BCUT2D eigenvalue weighted by atomic mass is 10.2. The minimum absolute atomic E-state index is 0.473. The van der Waals surface area contributed by atoms with Crippen molar-refractivity contribution in [3.05, 3.63) is 54.1 Å². The summed E-state index contributed by atoms with van der Waals surface area (Å²) in [5.41, 5.74) is 3.29. The molecule has 1 atom stereocenters. The summed E-state index contributed by atoms with van der Waals surface area (Å²) in [6, 6.07) is 10.7. The molecule has 0 radical (unpaired) electrons. The first kappa shape index (κ1) is 15.1. The number of aromatic nitrogens is 4. The zero-order valence-electron chi connectivity index (χ0n) is 13.9. The van der Waals surface area contributed by atoms with Gasteiger partial charge in [0.25, 0.3) is 0 Å². The largest absolute Gasteiger partial charge is 0.351 e. The van der Waals surface area contributed by atoms with Crippen LogP contribution >= 0.6 is 0 Å². The van der Waals surface area contributed by atoms with E-state index in [4.69, 9.17) is 0 Å². The van der Waals surface area contributed by atoms with Gasteiger partial charge >= 0.3 is 0 Å². The van der Waals surface area contributed by atoms with Crippen LogP contribution in [0.3, 0.4) is 0 Å². The third-order valence-electron chi connectivity index (χ3n) is 4.66. The van der Waals surface area contributed by atoms with Crippen LogP contribution in [0.5, 0.6) is 0 Å². The summed E-state index contributed by atoms with van der Waals surface area (Å²) in [7, 11) is 0. The van der Waals surface area contributed by atoms with Gasteiger partial charge in [-0.25, -0.2) is 4.98 Å². The van der Waals surface area contributed by atoms with Crippen LogP contribution in [0, 0.1) is 6.92 Å². The van der Waals surface area contributed by atoms with E-state index in [0.29, 0.717) is 6.04 Å². The van der Waals surface area contributed by atoms with Crippen molar-refractivity contribution in [2.45, 2.75) is 32.4 Å². The Morgan fingerprint density at radius 1 is 1.25 bits per heavy atom. The molecule has 124 valence electrons. The fourth-order valence-corrected chi connectivity index (χ4v) is 3.45. The second-order valence-electron chi connectivity index (χ2n) is 6.33. The number of aryl methyl sites for hydroxylation is 1. The van der Waals surface area contributed by atoms with Crippen LogP contribution in [0.2, 0.25) is 0 Å². The summed E-state index contributed by atoms with van der Waals surface area (Å²) in [6.45, 7) is 4.87. The molecule has 1 aliphatic heterocycles. The van der Waals surface area contributed by atoms with Crippen LogP contribution in [0.15, 0.2) is 42.7 Å². The van der Waals surface area contributed by atoms with Gasteiger partial charge < -0.3 is 14.6 Å². The van der Waals surface area contributed by atoms with E-state index in [-0.39, 0.29) is 0 Å². The molecule has 0 amide bonds. The molecule has 1 aliphatic rings. The summed E-state index contributed by atoms with van der Waals surface area (Å²) in [5.74, 6) is 0.977. The van der Waals surface area contributed by atoms with Crippen molar-refractivity contribution in [2.24, 2.45) is 0 Å². The average Bonchev–Trinajstić information content (AvgIpc) is 3.23. The van der Waals surface area contributed by atoms with Crippen LogP contribution in [-0.2, 0) is 6.54 Å². The molecule has 1 unspecified atom stereocenters. The molecule has 6 nitrogen and oxygen atoms in total. The van der Waals surface area contributed by atoms with Crippen molar-refractivity contribution in [1.82, 2.24) is 24.9 Å². The van der Waals surface area contributed by atoms with Gasteiger partial charge in [0.15, 0.2) is 5.82 Å². The third-order valence-corrected chi connectivity index (χ3v) is 4.66. The second-order valence-corrected chi connectivity index (χ2v) is 6.33. The highest BCUT2D eigenvalue weighted by Gasteiger charge is 2.25. The van der Waals surface area contributed by atoms with Gasteiger partial charge in [-0.15, -0.1) is 5.10 Å². The number of hydrogen-bond donors (Lipinski definition) is 1. The lowest BCUT2D eigenvalue weighted by Crippen LogP contribution is -2.38. The van der Waals surface area contributed by atoms with Crippen LogP contribution in [0.1, 0.15) is 24.2 Å². The van der Waals surface area contributed by atoms with Crippen molar-refractivity contribution in [1.29, 1.82) is 0 Å². The average molecular weight is 322 g/mol. The minimum atomic E-state index is 0.473. The normalized spacial score (nSPS) is 17.7. The van der Waals surface area contributed by atoms with Crippen molar-refractivity contribution < 1.29 is 0 Å². The quantitative estimate of drug-likeness (QED) is 0.780. The van der Waals surface area contributed by atoms with Crippen LogP contribution in [0.4, 0.5) is 5.82 Å². The van der Waals surface area contributed by atoms with Gasteiger partial charge in [0.2, 0.25) is 0 Å². The topological polar surface area (TPSA) is 58.4 Å². The number of nitrogens with zero attached hydrogens (tertiary/aromatic N) is 5. The van der Waals surface area contributed by atoms with Crippen molar-refractivity contribution in [2.75, 3.05) is 18.0 Å². The van der Waals surface area contributed by atoms with Crippen molar-refractivity contribution in [3.63, 3.8) is 0 Å². The van der Waals surface area contributed by atoms with Crippen molar-refractivity contribution >= 4 is 11.5 Å². The number of anilines is 1. The molecule has 1 N–H and O–H groups in total. The Morgan fingerprint density at radius 2 is 2.21 bits per heavy atom. The zero-order chi connectivity index (χ0) is 16.4. The molecule has 0 bridgehead atoms. The zero-order valence-corrected chi connectivity index (χ0v) is 13.9. The fraction of sp³-hybridized carbons (Fsp3) is 0.389. The van der Waals surface area contributed by atoms with Gasteiger partial charge in [-0.3, -0.25) is 0 Å². The number of rotatable bonds is 5. The van der Waals surface area contributed by atoms with E-state index in [9.17, 15) is 0 Å². The molecular weight excluding hydrogens is 300 g/mol. The van der Waals surface area contributed by atoms with E-state index in [2.05, 4.69) is 49.0 Å². The highest BCUT2D eigenvalue weighted by atomic mass is 15.3. The SMILES string of the molecule is Cc1cccc2nc(CNCC3CCCN3c3cccnn3)cn12. The first-order valence-corrected chi connectivity index (χ1v) is 8.50. The molecule has 24 heavy (non-hydrogen) atoms. The van der Waals surface area contributed by atoms with Gasteiger partial charge in [0.05, 0.1) is 5.69 Å². The van der Waals surface area contributed by atoms with Gasteiger partial charge in [-0.1, -0.05) is 6.07 Å². The maximum Gasteiger partial charge on any atom is 0.151 e. The standard InChI is InChI=1S/C18H22N6/c1-14-5-2-7-17-21-15(13-24(14)17)11-19-12-16-6-4-10-23(16)18-8-3-9-20-22-18/h2-3,5,7-9,13,16,19H,4,6,10-12H2,1H3. The molecule has 0 spiro atoms. The van der Waals surface area contributed by atoms with E-state index < -0.39 is 0 Å². The number of imidazole rings is 1. The van der Waals surface area contributed by atoms with Gasteiger partial charge in [0, 0.05) is 43.8 Å². The lowest BCUT2D eigenvalue weighted by Gasteiger charge is -2.25. The molecule has 0 aliphatic carbocycles. The minimum Gasteiger partial charge on any atom is -0.351 e. The van der Waals surface area contributed by atoms with Crippen molar-refractivity contribution in [3.8, 4) is 0 Å². The molecule has 0 saturated carbocycles. The molecule has 3 aromatic heterocycles. The smallest absolute Gasteiger partial charge is 0.151 e. The molecule has 3 aromatic rings. The molecular formula is C18H22N6. The summed E-state index contributed by atoms with van der Waals surface area (Å²) >= 11 is 0. The highest BCUT2D eigenvalue weighted by Crippen LogP contribution is 2.22. The Morgan fingerprint density at radius 3 is 3.04 bits per heavy atom. The van der Waals surface area contributed by atoms with Crippen LogP contribution < -0.4 is 10.2 Å². The van der Waals surface area contributed by atoms with Crippen LogP contribution in [0.25, 0.3) is 5.65 Å². The number of fused-ring (bicyclic) bond motifs is 1. The lowest BCUT2D eigenvalue weighted by molar-refractivity contribution is 0.566. The summed E-state index contributed by atoms with van der Waals surface area (Å²) in [5, 5.41) is 11.8. The van der Waals surface area contributed by atoms with E-state index in [1.807, 2.05) is 24.3 Å². The van der Waals surface area contributed by atoms with E-state index in [1.165, 1.54) is 18.5 Å². The summed E-state index contributed by atoms with van der Waals surface area (Å²) < 4.78 is 2.14. The Bertz CT molecular complexity index is 813. The fourth-order valence-electron chi connectivity index (χ4n) is 3.45. The molecule has 4 rings (SSSR count). The third kappa shape index (κ3) is 2.97. The molecule has 0 aromatic carbocycles. The Balaban J connectivity index is 1.38. The van der Waals surface area contributed by atoms with Gasteiger partial charge in [0.1, 0.15) is 5.65 Å². The Hall–Kier alpha value is -2.47. The van der Waals surface area contributed by atoms with E-state index >= 15 is 0 Å². The molecule has 1 fully saturated rings. The molecule has 6 heteroatoms. The van der Waals surface area contributed by atoms with Gasteiger partial charge in [-0.05, 0) is 44.0 Å². The second kappa shape index (κ2) is 6.57. The predicted molar refractivity (Wildman–Crippen MR) is 94.0 cm³/mol. The number of pyridine rings is 1. The number of hydrogen-bond acceptors (Lipinski definition) is 5. The van der Waals surface area contributed by atoms with Gasteiger partial charge in [-0.2, -0.15) is 5.10 Å². The van der Waals surface area contributed by atoms with E-state index in [0.717, 1.165) is 36.8 Å².